The molecule has 0 aliphatic heterocycles. The van der Waals surface area contributed by atoms with Crippen LogP contribution in [0.25, 0.3) is 22.8 Å². The van der Waals surface area contributed by atoms with E-state index in [1.54, 1.807) is 72.9 Å². The maximum Gasteiger partial charge on any atom is 0.323 e. The van der Waals surface area contributed by atoms with Crippen LogP contribution < -0.4 is 21.3 Å². The summed E-state index contributed by atoms with van der Waals surface area (Å²) in [6.45, 7) is 1.37. The second kappa shape index (κ2) is 12.5. The molecule has 0 atom stereocenters. The van der Waals surface area contributed by atoms with E-state index in [9.17, 15) is 14.4 Å². The van der Waals surface area contributed by atoms with Gasteiger partial charge in [0.25, 0.3) is 11.8 Å². The summed E-state index contributed by atoms with van der Waals surface area (Å²) in [5.41, 5.74) is 3.31. The number of hydrogen-bond donors (Lipinski definition) is 4. The van der Waals surface area contributed by atoms with Gasteiger partial charge in [0.1, 0.15) is 0 Å². The molecule has 42 heavy (non-hydrogen) atoms. The Kier molecular flexibility index (Phi) is 8.42. The minimum atomic E-state index is -0.510. The lowest BCUT2D eigenvalue weighted by Gasteiger charge is -2.10. The first-order valence-electron chi connectivity index (χ1n) is 12.4. The number of nitrogens with one attached hydrogen (secondary N) is 4. The summed E-state index contributed by atoms with van der Waals surface area (Å²) in [6, 6.07) is 19.3. The van der Waals surface area contributed by atoms with E-state index in [0.717, 1.165) is 0 Å². The van der Waals surface area contributed by atoms with Crippen molar-refractivity contribution in [3.8, 4) is 22.8 Å². The monoisotopic (exact) mass is 601 g/mol. The number of amides is 4. The fourth-order valence-electron chi connectivity index (χ4n) is 3.83. The Morgan fingerprint density at radius 3 is 2.24 bits per heavy atom. The lowest BCUT2D eigenvalue weighted by atomic mass is 10.1. The standard InChI is InChI=1S/C29H21Cl2N7O4/c1-16(39)33-25-10-8-21(14-24(25)31)36-29(41)35-19-6-2-4-17(12-19)28-37-26(38-42-28)22-9-7-20(13-23(22)30)34-27(40)18-5-3-11-32-15-18/h2-15H,1H3,(H,33,39)(H,34,40)(H2,35,36,41). The molecular weight excluding hydrogens is 581 g/mol. The number of benzene rings is 3. The van der Waals surface area contributed by atoms with Crippen LogP contribution in [0.3, 0.4) is 0 Å². The van der Waals surface area contributed by atoms with Crippen molar-refractivity contribution < 1.29 is 18.9 Å². The van der Waals surface area contributed by atoms with Crippen LogP contribution in [0.15, 0.2) is 89.7 Å². The predicted molar refractivity (Wildman–Crippen MR) is 161 cm³/mol. The highest BCUT2D eigenvalue weighted by molar-refractivity contribution is 6.34. The minimum Gasteiger partial charge on any atom is -0.334 e. The first kappa shape index (κ1) is 28.3. The molecule has 2 heterocycles. The summed E-state index contributed by atoms with van der Waals surface area (Å²) in [6.07, 6.45) is 3.05. The fraction of sp³-hybridized carbons (Fsp3) is 0.0345. The van der Waals surface area contributed by atoms with Crippen LogP contribution in [0, 0.1) is 0 Å². The quantitative estimate of drug-likeness (QED) is 0.157. The number of halogens is 2. The molecule has 0 fully saturated rings. The van der Waals surface area contributed by atoms with Gasteiger partial charge in [-0.2, -0.15) is 4.98 Å². The number of rotatable bonds is 7. The number of aromatic nitrogens is 3. The third kappa shape index (κ3) is 6.89. The van der Waals surface area contributed by atoms with Crippen molar-refractivity contribution in [1.82, 2.24) is 15.1 Å². The van der Waals surface area contributed by atoms with Gasteiger partial charge in [0.2, 0.25) is 11.7 Å². The Hall–Kier alpha value is -5.26. The molecule has 2 aromatic heterocycles. The molecule has 11 nitrogen and oxygen atoms in total. The number of hydrogen-bond acceptors (Lipinski definition) is 7. The molecule has 210 valence electrons. The van der Waals surface area contributed by atoms with Crippen molar-refractivity contribution in [2.24, 2.45) is 0 Å². The number of urea groups is 1. The van der Waals surface area contributed by atoms with Crippen molar-refractivity contribution in [2.75, 3.05) is 21.3 Å². The third-order valence-electron chi connectivity index (χ3n) is 5.72. The van der Waals surface area contributed by atoms with Gasteiger partial charge in [-0.15, -0.1) is 0 Å². The number of nitrogens with zero attached hydrogens (tertiary/aromatic N) is 3. The maximum atomic E-state index is 12.6. The smallest absolute Gasteiger partial charge is 0.323 e. The Labute approximate surface area is 249 Å². The topological polar surface area (TPSA) is 151 Å². The predicted octanol–water partition coefficient (Wildman–Crippen LogP) is 6.96. The molecule has 5 aromatic rings. The van der Waals surface area contributed by atoms with E-state index in [4.69, 9.17) is 27.7 Å². The van der Waals surface area contributed by atoms with E-state index in [2.05, 4.69) is 36.4 Å². The Balaban J connectivity index is 1.25. The lowest BCUT2D eigenvalue weighted by molar-refractivity contribution is -0.114. The Morgan fingerprint density at radius 1 is 0.786 bits per heavy atom. The first-order chi connectivity index (χ1) is 20.2. The van der Waals surface area contributed by atoms with Crippen LogP contribution in [0.4, 0.5) is 27.5 Å². The SMILES string of the molecule is CC(=O)Nc1ccc(NC(=O)Nc2cccc(-c3nc(-c4ccc(NC(=O)c5cccnc5)cc4Cl)no3)c2)cc1Cl. The number of pyridine rings is 1. The average Bonchev–Trinajstić information content (AvgIpc) is 3.45. The van der Waals surface area contributed by atoms with Crippen molar-refractivity contribution in [3.05, 3.63) is 101 Å². The maximum absolute atomic E-state index is 12.6. The molecule has 0 aliphatic carbocycles. The molecule has 0 bridgehead atoms. The molecule has 0 saturated carbocycles. The zero-order valence-corrected chi connectivity index (χ0v) is 23.3. The number of carbonyl (C=O) groups is 3. The summed E-state index contributed by atoms with van der Waals surface area (Å²) in [5.74, 6) is -0.123. The van der Waals surface area contributed by atoms with Gasteiger partial charge < -0.3 is 25.8 Å². The van der Waals surface area contributed by atoms with Crippen LogP contribution in [0.5, 0.6) is 0 Å². The van der Waals surface area contributed by atoms with Crippen molar-refractivity contribution in [2.45, 2.75) is 6.92 Å². The lowest BCUT2D eigenvalue weighted by Crippen LogP contribution is -2.19. The van der Waals surface area contributed by atoms with Gasteiger partial charge in [0.15, 0.2) is 0 Å². The molecule has 13 heteroatoms. The highest BCUT2D eigenvalue weighted by atomic mass is 35.5. The summed E-state index contributed by atoms with van der Waals surface area (Å²) in [5, 5.41) is 15.4. The minimum absolute atomic E-state index is 0.208. The molecule has 0 saturated heterocycles. The van der Waals surface area contributed by atoms with E-state index in [0.29, 0.717) is 44.5 Å². The third-order valence-corrected chi connectivity index (χ3v) is 6.35. The van der Waals surface area contributed by atoms with Crippen molar-refractivity contribution >= 4 is 63.8 Å². The molecule has 0 aliphatic rings. The van der Waals surface area contributed by atoms with Gasteiger partial charge in [-0.25, -0.2) is 4.79 Å². The van der Waals surface area contributed by atoms with Gasteiger partial charge in [-0.3, -0.25) is 14.6 Å². The van der Waals surface area contributed by atoms with E-state index in [-0.39, 0.29) is 28.6 Å². The summed E-state index contributed by atoms with van der Waals surface area (Å²) < 4.78 is 5.45. The van der Waals surface area contributed by atoms with Crippen LogP contribution in [-0.2, 0) is 4.79 Å². The van der Waals surface area contributed by atoms with Crippen molar-refractivity contribution in [3.63, 3.8) is 0 Å². The van der Waals surface area contributed by atoms with Crippen molar-refractivity contribution in [1.29, 1.82) is 0 Å². The number of carbonyl (C=O) groups excluding carboxylic acids is 3. The fourth-order valence-corrected chi connectivity index (χ4v) is 4.32. The van der Waals surface area contributed by atoms with Gasteiger partial charge >= 0.3 is 6.03 Å². The van der Waals surface area contributed by atoms with Crippen LogP contribution >= 0.6 is 23.2 Å². The Bertz CT molecular complexity index is 1790. The number of anilines is 4. The second-order valence-electron chi connectivity index (χ2n) is 8.85. The summed E-state index contributed by atoms with van der Waals surface area (Å²) in [7, 11) is 0. The first-order valence-corrected chi connectivity index (χ1v) is 13.1. The van der Waals surface area contributed by atoms with Crippen LogP contribution in [0.1, 0.15) is 17.3 Å². The van der Waals surface area contributed by atoms with E-state index >= 15 is 0 Å². The van der Waals surface area contributed by atoms with Gasteiger partial charge in [-0.05, 0) is 66.7 Å². The summed E-state index contributed by atoms with van der Waals surface area (Å²) >= 11 is 12.6. The molecule has 4 N–H and O–H groups in total. The van der Waals surface area contributed by atoms with Gasteiger partial charge in [0.05, 0.1) is 21.3 Å². The zero-order chi connectivity index (χ0) is 29.6. The molecule has 0 spiro atoms. The largest absolute Gasteiger partial charge is 0.334 e. The normalized spacial score (nSPS) is 10.5. The second-order valence-corrected chi connectivity index (χ2v) is 9.66. The van der Waals surface area contributed by atoms with Crippen LogP contribution in [0.2, 0.25) is 10.0 Å². The molecule has 0 unspecified atom stereocenters. The van der Waals surface area contributed by atoms with Crippen LogP contribution in [-0.4, -0.2) is 33.0 Å². The Morgan fingerprint density at radius 2 is 1.52 bits per heavy atom. The molecular formula is C29H21Cl2N7O4. The molecule has 0 radical (unpaired) electrons. The highest BCUT2D eigenvalue weighted by Crippen LogP contribution is 2.31. The van der Waals surface area contributed by atoms with Gasteiger partial charge in [-0.1, -0.05) is 34.4 Å². The van der Waals surface area contributed by atoms with E-state index in [1.807, 2.05) is 0 Å². The summed E-state index contributed by atoms with van der Waals surface area (Å²) in [4.78, 5) is 44.6. The molecule has 5 rings (SSSR count). The average molecular weight is 602 g/mol. The molecule has 4 amide bonds. The van der Waals surface area contributed by atoms with E-state index in [1.165, 1.54) is 19.2 Å². The highest BCUT2D eigenvalue weighted by Gasteiger charge is 2.16. The van der Waals surface area contributed by atoms with E-state index < -0.39 is 6.03 Å². The van der Waals surface area contributed by atoms with Gasteiger partial charge in [0, 0.05) is 47.5 Å². The molecule has 3 aromatic carbocycles. The zero-order valence-electron chi connectivity index (χ0n) is 21.8.